The highest BCUT2D eigenvalue weighted by Crippen LogP contribution is 2.32. The number of benzene rings is 1. The van der Waals surface area contributed by atoms with Gasteiger partial charge in [-0.3, -0.25) is 0 Å². The Morgan fingerprint density at radius 2 is 1.76 bits per heavy atom. The summed E-state index contributed by atoms with van der Waals surface area (Å²) in [7, 11) is 2.06. The lowest BCUT2D eigenvalue weighted by Crippen LogP contribution is -2.32. The molecule has 0 heterocycles. The molecule has 0 aliphatic carbocycles. The van der Waals surface area contributed by atoms with Crippen LogP contribution >= 0.6 is 11.8 Å². The fourth-order valence-electron chi connectivity index (χ4n) is 2.22. The van der Waals surface area contributed by atoms with Gasteiger partial charge in [-0.05, 0) is 49.6 Å². The normalized spacial score (nSPS) is 11.7. The van der Waals surface area contributed by atoms with Crippen molar-refractivity contribution in [3.8, 4) is 0 Å². The predicted octanol–water partition coefficient (Wildman–Crippen LogP) is 4.19. The van der Waals surface area contributed by atoms with Crippen LogP contribution in [0.15, 0.2) is 35.2 Å². The summed E-state index contributed by atoms with van der Waals surface area (Å²) < 4.78 is 0. The van der Waals surface area contributed by atoms with E-state index in [0.717, 1.165) is 6.54 Å². The second kappa shape index (κ2) is 7.78. The van der Waals surface area contributed by atoms with Crippen LogP contribution in [0.4, 0.5) is 0 Å². The molecule has 0 amide bonds. The van der Waals surface area contributed by atoms with E-state index in [1.165, 1.54) is 29.9 Å². The minimum atomic E-state index is 0.483. The van der Waals surface area contributed by atoms with Crippen molar-refractivity contribution in [3.63, 3.8) is 0 Å². The topological polar surface area (TPSA) is 12.0 Å². The second-order valence-electron chi connectivity index (χ2n) is 4.65. The Labute approximate surface area is 110 Å². The van der Waals surface area contributed by atoms with Crippen molar-refractivity contribution >= 4 is 11.8 Å². The van der Waals surface area contributed by atoms with Crippen LogP contribution in [0.1, 0.15) is 33.1 Å². The summed E-state index contributed by atoms with van der Waals surface area (Å²) in [5, 5.41) is 3.35. The highest BCUT2D eigenvalue weighted by molar-refractivity contribution is 7.99. The highest BCUT2D eigenvalue weighted by Gasteiger charge is 2.24. The quantitative estimate of drug-likeness (QED) is 0.695. The summed E-state index contributed by atoms with van der Waals surface area (Å²) in [5.74, 6) is 1.22. The first-order chi connectivity index (χ1) is 8.26. The Morgan fingerprint density at radius 3 is 2.29 bits per heavy atom. The summed E-state index contributed by atoms with van der Waals surface area (Å²) in [5.41, 5.74) is 0.483. The molecule has 17 heavy (non-hydrogen) atoms. The van der Waals surface area contributed by atoms with Gasteiger partial charge in [-0.1, -0.05) is 32.0 Å². The van der Waals surface area contributed by atoms with Crippen LogP contribution in [0, 0.1) is 5.41 Å². The summed E-state index contributed by atoms with van der Waals surface area (Å²) >= 11 is 1.98. The first kappa shape index (κ1) is 14.6. The third-order valence-electron chi connectivity index (χ3n) is 3.70. The molecule has 0 saturated carbocycles. The van der Waals surface area contributed by atoms with Gasteiger partial charge in [-0.15, -0.1) is 11.8 Å². The molecule has 0 unspecified atom stereocenters. The minimum absolute atomic E-state index is 0.483. The molecule has 1 N–H and O–H groups in total. The molecule has 2 heteroatoms. The maximum atomic E-state index is 3.35. The lowest BCUT2D eigenvalue weighted by molar-refractivity contribution is 0.247. The van der Waals surface area contributed by atoms with Crippen LogP contribution < -0.4 is 5.32 Å². The molecule has 1 nitrogen and oxygen atoms in total. The predicted molar refractivity (Wildman–Crippen MR) is 78.7 cm³/mol. The second-order valence-corrected chi connectivity index (χ2v) is 5.82. The molecule has 0 bridgehead atoms. The van der Waals surface area contributed by atoms with Crippen LogP contribution in [0.5, 0.6) is 0 Å². The molecule has 0 atom stereocenters. The van der Waals surface area contributed by atoms with Crippen LogP contribution in [0.3, 0.4) is 0 Å². The van der Waals surface area contributed by atoms with Crippen molar-refractivity contribution in [1.82, 2.24) is 5.32 Å². The van der Waals surface area contributed by atoms with E-state index in [2.05, 4.69) is 56.5 Å². The Hall–Kier alpha value is -0.470. The Morgan fingerprint density at radius 1 is 1.12 bits per heavy atom. The van der Waals surface area contributed by atoms with Gasteiger partial charge < -0.3 is 5.32 Å². The molecule has 0 fully saturated rings. The third-order valence-corrected chi connectivity index (χ3v) is 4.71. The lowest BCUT2D eigenvalue weighted by Gasteiger charge is -2.31. The Balaban J connectivity index is 2.42. The van der Waals surface area contributed by atoms with Gasteiger partial charge in [0.2, 0.25) is 0 Å². The van der Waals surface area contributed by atoms with Gasteiger partial charge in [0.25, 0.3) is 0 Å². The van der Waals surface area contributed by atoms with Crippen LogP contribution in [-0.2, 0) is 0 Å². The van der Waals surface area contributed by atoms with E-state index >= 15 is 0 Å². The van der Waals surface area contributed by atoms with Gasteiger partial charge in [0.1, 0.15) is 0 Å². The monoisotopic (exact) mass is 251 g/mol. The van der Waals surface area contributed by atoms with Crippen LogP contribution in [0.25, 0.3) is 0 Å². The van der Waals surface area contributed by atoms with E-state index in [1.807, 2.05) is 11.8 Å². The number of rotatable bonds is 8. The molecule has 1 aromatic rings. The molecule has 0 radical (unpaired) electrons. The van der Waals surface area contributed by atoms with Gasteiger partial charge in [0, 0.05) is 11.4 Å². The molecular weight excluding hydrogens is 226 g/mol. The number of nitrogens with one attached hydrogen (secondary N) is 1. The van der Waals surface area contributed by atoms with Crippen molar-refractivity contribution in [2.24, 2.45) is 5.41 Å². The average molecular weight is 251 g/mol. The fraction of sp³-hybridized carbons (Fsp3) is 0.600. The summed E-state index contributed by atoms with van der Waals surface area (Å²) in [6.45, 7) is 5.76. The van der Waals surface area contributed by atoms with Crippen molar-refractivity contribution in [1.29, 1.82) is 0 Å². The molecule has 0 aromatic heterocycles. The van der Waals surface area contributed by atoms with Crippen molar-refractivity contribution in [2.75, 3.05) is 19.3 Å². The Bertz CT molecular complexity index is 293. The SMILES string of the molecule is CCC(CC)(CCSc1ccccc1)CNC. The van der Waals surface area contributed by atoms with E-state index in [4.69, 9.17) is 0 Å². The largest absolute Gasteiger partial charge is 0.319 e. The van der Waals surface area contributed by atoms with Crippen molar-refractivity contribution in [2.45, 2.75) is 38.0 Å². The van der Waals surface area contributed by atoms with Gasteiger partial charge in [0.15, 0.2) is 0 Å². The standard InChI is InChI=1S/C15H25NS/c1-4-15(5-2,13-16-3)11-12-17-14-9-7-6-8-10-14/h6-10,16H,4-5,11-13H2,1-3H3. The molecule has 1 aromatic carbocycles. The van der Waals surface area contributed by atoms with E-state index in [9.17, 15) is 0 Å². The van der Waals surface area contributed by atoms with Crippen LogP contribution in [-0.4, -0.2) is 19.3 Å². The lowest BCUT2D eigenvalue weighted by atomic mass is 9.80. The summed E-state index contributed by atoms with van der Waals surface area (Å²) in [6, 6.07) is 10.7. The van der Waals surface area contributed by atoms with Gasteiger partial charge >= 0.3 is 0 Å². The van der Waals surface area contributed by atoms with E-state index < -0.39 is 0 Å². The molecule has 0 spiro atoms. The molecule has 0 saturated heterocycles. The maximum absolute atomic E-state index is 3.35. The van der Waals surface area contributed by atoms with E-state index in [-0.39, 0.29) is 0 Å². The molecule has 0 aliphatic rings. The number of hydrogen-bond donors (Lipinski definition) is 1. The smallest absolute Gasteiger partial charge is 0.00719 e. The van der Waals surface area contributed by atoms with Gasteiger partial charge in [0.05, 0.1) is 0 Å². The Kier molecular flexibility index (Phi) is 6.68. The fourth-order valence-corrected chi connectivity index (χ4v) is 3.34. The van der Waals surface area contributed by atoms with E-state index in [1.54, 1.807) is 0 Å². The molecule has 96 valence electrons. The van der Waals surface area contributed by atoms with Gasteiger partial charge in [-0.2, -0.15) is 0 Å². The third kappa shape index (κ3) is 4.72. The minimum Gasteiger partial charge on any atom is -0.319 e. The zero-order valence-electron chi connectivity index (χ0n) is 11.3. The molecule has 0 aliphatic heterocycles. The number of hydrogen-bond acceptors (Lipinski definition) is 2. The maximum Gasteiger partial charge on any atom is 0.00719 e. The van der Waals surface area contributed by atoms with Crippen LogP contribution in [0.2, 0.25) is 0 Å². The summed E-state index contributed by atoms with van der Waals surface area (Å²) in [4.78, 5) is 1.39. The zero-order chi connectivity index (χ0) is 12.6. The van der Waals surface area contributed by atoms with Crippen molar-refractivity contribution < 1.29 is 0 Å². The van der Waals surface area contributed by atoms with Crippen molar-refractivity contribution in [3.05, 3.63) is 30.3 Å². The first-order valence-corrected chi connectivity index (χ1v) is 7.57. The molecule has 1 rings (SSSR count). The summed E-state index contributed by atoms with van der Waals surface area (Å²) in [6.07, 6.45) is 3.82. The zero-order valence-corrected chi connectivity index (χ0v) is 12.1. The van der Waals surface area contributed by atoms with E-state index in [0.29, 0.717) is 5.41 Å². The highest BCUT2D eigenvalue weighted by atomic mass is 32.2. The number of thioether (sulfide) groups is 1. The average Bonchev–Trinajstić information content (AvgIpc) is 2.39. The first-order valence-electron chi connectivity index (χ1n) is 6.59. The molecular formula is C15H25NS. The van der Waals surface area contributed by atoms with Gasteiger partial charge in [-0.25, -0.2) is 0 Å².